The number of hydrogen-bond donors (Lipinski definition) is 1. The molecule has 0 saturated carbocycles. The summed E-state index contributed by atoms with van der Waals surface area (Å²) in [5.74, 6) is 2.56. The van der Waals surface area contributed by atoms with Crippen molar-refractivity contribution in [1.82, 2.24) is 15.0 Å². The van der Waals surface area contributed by atoms with E-state index in [1.54, 1.807) is 6.33 Å². The molecule has 96 valence electrons. The molecule has 4 nitrogen and oxygen atoms in total. The van der Waals surface area contributed by atoms with Gasteiger partial charge in [0.2, 0.25) is 0 Å². The number of anilines is 1. The quantitative estimate of drug-likeness (QED) is 0.839. The van der Waals surface area contributed by atoms with Gasteiger partial charge in [0.25, 0.3) is 0 Å². The minimum Gasteiger partial charge on any atom is -0.355 e. The summed E-state index contributed by atoms with van der Waals surface area (Å²) in [6, 6.07) is 2.15. The van der Waals surface area contributed by atoms with Crippen molar-refractivity contribution in [3.63, 3.8) is 0 Å². The van der Waals surface area contributed by atoms with Crippen molar-refractivity contribution >= 4 is 16.9 Å². The van der Waals surface area contributed by atoms with Gasteiger partial charge in [-0.3, -0.25) is 0 Å². The summed E-state index contributed by atoms with van der Waals surface area (Å²) in [6.07, 6.45) is 2.98. The molecule has 3 rings (SSSR count). The van der Waals surface area contributed by atoms with Crippen LogP contribution < -0.4 is 4.90 Å². The molecule has 0 aliphatic carbocycles. The van der Waals surface area contributed by atoms with Crippen LogP contribution in [0.1, 0.15) is 26.0 Å². The molecule has 0 radical (unpaired) electrons. The van der Waals surface area contributed by atoms with Crippen LogP contribution in [0.2, 0.25) is 0 Å². The number of fused-ring (bicyclic) bond motifs is 1. The van der Waals surface area contributed by atoms with Gasteiger partial charge in [-0.2, -0.15) is 0 Å². The summed E-state index contributed by atoms with van der Waals surface area (Å²) in [5, 5.41) is 1.15. The number of hydrogen-bond acceptors (Lipinski definition) is 3. The Bertz CT molecular complexity index is 550. The first kappa shape index (κ1) is 11.5. The molecule has 18 heavy (non-hydrogen) atoms. The molecule has 1 aliphatic heterocycles. The van der Waals surface area contributed by atoms with E-state index in [-0.39, 0.29) is 0 Å². The average molecular weight is 244 g/mol. The number of aryl methyl sites for hydroxylation is 1. The van der Waals surface area contributed by atoms with Gasteiger partial charge < -0.3 is 9.88 Å². The predicted octanol–water partition coefficient (Wildman–Crippen LogP) is 2.75. The zero-order valence-electron chi connectivity index (χ0n) is 11.3. The summed E-state index contributed by atoms with van der Waals surface area (Å²) in [5.41, 5.74) is 2.09. The molecule has 2 aromatic rings. The van der Waals surface area contributed by atoms with Crippen LogP contribution in [0.3, 0.4) is 0 Å². The van der Waals surface area contributed by atoms with Crippen LogP contribution in [-0.2, 0) is 0 Å². The highest BCUT2D eigenvalue weighted by atomic mass is 15.2. The average Bonchev–Trinajstić information content (AvgIpc) is 2.67. The molecular weight excluding hydrogens is 224 g/mol. The maximum Gasteiger partial charge on any atom is 0.143 e. The smallest absolute Gasteiger partial charge is 0.143 e. The molecule has 3 heterocycles. The Hall–Kier alpha value is -1.58. The number of rotatable bonds is 1. The van der Waals surface area contributed by atoms with Crippen molar-refractivity contribution in [2.75, 3.05) is 18.0 Å². The van der Waals surface area contributed by atoms with Gasteiger partial charge in [-0.25, -0.2) is 9.97 Å². The topological polar surface area (TPSA) is 44.8 Å². The van der Waals surface area contributed by atoms with E-state index < -0.39 is 0 Å². The third-order valence-corrected chi connectivity index (χ3v) is 3.71. The SMILES string of the molecule is Cc1cc2c(N3CC(C)CC(C)C3)ncnc2[nH]1. The highest BCUT2D eigenvalue weighted by Gasteiger charge is 2.24. The molecule has 2 aromatic heterocycles. The molecule has 0 aromatic carbocycles. The fourth-order valence-electron chi connectivity index (χ4n) is 3.15. The number of piperidine rings is 1. The van der Waals surface area contributed by atoms with Crippen LogP contribution in [0.5, 0.6) is 0 Å². The molecule has 0 spiro atoms. The van der Waals surface area contributed by atoms with E-state index in [4.69, 9.17) is 0 Å². The van der Waals surface area contributed by atoms with E-state index in [0.29, 0.717) is 0 Å². The standard InChI is InChI=1S/C14H20N4/c1-9-4-10(2)7-18(6-9)14-12-5-11(3)17-13(12)15-8-16-14/h5,8-10H,4,6-7H2,1-3H3,(H,15,16,17). The van der Waals surface area contributed by atoms with Gasteiger partial charge in [0, 0.05) is 18.8 Å². The molecule has 1 fully saturated rings. The molecule has 1 aliphatic rings. The van der Waals surface area contributed by atoms with Crippen molar-refractivity contribution in [1.29, 1.82) is 0 Å². The van der Waals surface area contributed by atoms with Crippen LogP contribution in [0.25, 0.3) is 11.0 Å². The maximum atomic E-state index is 4.51. The van der Waals surface area contributed by atoms with Gasteiger partial charge in [0.05, 0.1) is 5.39 Å². The molecule has 2 atom stereocenters. The fourth-order valence-corrected chi connectivity index (χ4v) is 3.15. The number of H-pyrrole nitrogens is 1. The normalized spacial score (nSPS) is 24.7. The minimum absolute atomic E-state index is 0.735. The van der Waals surface area contributed by atoms with Crippen LogP contribution in [0.4, 0.5) is 5.82 Å². The van der Waals surface area contributed by atoms with Crippen molar-refractivity contribution in [2.45, 2.75) is 27.2 Å². The van der Waals surface area contributed by atoms with Crippen molar-refractivity contribution in [3.05, 3.63) is 18.1 Å². The van der Waals surface area contributed by atoms with Gasteiger partial charge in [0.1, 0.15) is 17.8 Å². The van der Waals surface area contributed by atoms with Gasteiger partial charge in [-0.15, -0.1) is 0 Å². The van der Waals surface area contributed by atoms with E-state index in [9.17, 15) is 0 Å². The summed E-state index contributed by atoms with van der Waals surface area (Å²) in [4.78, 5) is 14.5. The molecule has 0 amide bonds. The van der Waals surface area contributed by atoms with Crippen molar-refractivity contribution in [2.24, 2.45) is 11.8 Å². The number of nitrogens with zero attached hydrogens (tertiary/aromatic N) is 3. The van der Waals surface area contributed by atoms with Crippen LogP contribution >= 0.6 is 0 Å². The number of aromatic nitrogens is 3. The second-order valence-electron chi connectivity index (χ2n) is 5.76. The van der Waals surface area contributed by atoms with E-state index in [1.807, 2.05) is 0 Å². The lowest BCUT2D eigenvalue weighted by molar-refractivity contribution is 0.356. The molecular formula is C14H20N4. The molecule has 4 heteroatoms. The van der Waals surface area contributed by atoms with Crippen molar-refractivity contribution < 1.29 is 0 Å². The van der Waals surface area contributed by atoms with Crippen LogP contribution in [0, 0.1) is 18.8 Å². The first-order valence-electron chi connectivity index (χ1n) is 6.68. The Morgan fingerprint density at radius 2 is 1.94 bits per heavy atom. The summed E-state index contributed by atoms with van der Waals surface area (Å²) in [7, 11) is 0. The predicted molar refractivity (Wildman–Crippen MR) is 73.8 cm³/mol. The number of nitrogens with one attached hydrogen (secondary N) is 1. The van der Waals surface area contributed by atoms with E-state index in [2.05, 4.69) is 46.7 Å². The second-order valence-corrected chi connectivity index (χ2v) is 5.76. The second kappa shape index (κ2) is 4.26. The zero-order valence-corrected chi connectivity index (χ0v) is 11.3. The van der Waals surface area contributed by atoms with E-state index in [0.717, 1.165) is 47.5 Å². The Labute approximate surface area is 107 Å². The molecule has 1 saturated heterocycles. The monoisotopic (exact) mass is 244 g/mol. The minimum atomic E-state index is 0.735. The Morgan fingerprint density at radius 3 is 2.67 bits per heavy atom. The Morgan fingerprint density at radius 1 is 1.22 bits per heavy atom. The van der Waals surface area contributed by atoms with Crippen LogP contribution in [-0.4, -0.2) is 28.0 Å². The fraction of sp³-hybridized carbons (Fsp3) is 0.571. The lowest BCUT2D eigenvalue weighted by Crippen LogP contribution is -2.39. The molecule has 2 unspecified atom stereocenters. The van der Waals surface area contributed by atoms with Gasteiger partial charge >= 0.3 is 0 Å². The van der Waals surface area contributed by atoms with Crippen LogP contribution in [0.15, 0.2) is 12.4 Å². The largest absolute Gasteiger partial charge is 0.355 e. The van der Waals surface area contributed by atoms with E-state index in [1.165, 1.54) is 6.42 Å². The Kier molecular flexibility index (Phi) is 2.73. The van der Waals surface area contributed by atoms with Gasteiger partial charge in [-0.05, 0) is 31.2 Å². The third-order valence-electron chi connectivity index (χ3n) is 3.71. The van der Waals surface area contributed by atoms with Gasteiger partial charge in [0.15, 0.2) is 0 Å². The zero-order chi connectivity index (χ0) is 12.7. The molecule has 0 bridgehead atoms. The highest BCUT2D eigenvalue weighted by Crippen LogP contribution is 2.29. The van der Waals surface area contributed by atoms with E-state index >= 15 is 0 Å². The molecule has 1 N–H and O–H groups in total. The lowest BCUT2D eigenvalue weighted by Gasteiger charge is -2.35. The van der Waals surface area contributed by atoms with Crippen molar-refractivity contribution in [3.8, 4) is 0 Å². The third kappa shape index (κ3) is 1.96. The summed E-state index contributed by atoms with van der Waals surface area (Å²) in [6.45, 7) is 8.90. The summed E-state index contributed by atoms with van der Waals surface area (Å²) < 4.78 is 0. The van der Waals surface area contributed by atoms with Gasteiger partial charge in [-0.1, -0.05) is 13.8 Å². The first-order chi connectivity index (χ1) is 8.63. The maximum absolute atomic E-state index is 4.51. The Balaban J connectivity index is 2.02. The number of aromatic amines is 1. The lowest BCUT2D eigenvalue weighted by atomic mass is 9.92. The highest BCUT2D eigenvalue weighted by molar-refractivity contribution is 5.88. The summed E-state index contributed by atoms with van der Waals surface area (Å²) >= 11 is 0. The first-order valence-corrected chi connectivity index (χ1v) is 6.68.